The lowest BCUT2D eigenvalue weighted by Crippen LogP contribution is -2.30. The second kappa shape index (κ2) is 6.20. The number of benzene rings is 3. The fourth-order valence-electron chi connectivity index (χ4n) is 6.19. The first-order chi connectivity index (χ1) is 16.4. The van der Waals surface area contributed by atoms with E-state index in [-0.39, 0.29) is 0 Å². The SMILES string of the molecule is C1=CC2=CC=C3C=CC=C4C(c5nc6c7ccccc7c7ccccc7c6[nH]5)=CC(=C1)C2C34. The van der Waals surface area contributed by atoms with E-state index < -0.39 is 0 Å². The Morgan fingerprint density at radius 3 is 2.12 bits per heavy atom. The van der Waals surface area contributed by atoms with Crippen LogP contribution in [0.4, 0.5) is 0 Å². The van der Waals surface area contributed by atoms with Gasteiger partial charge in [-0.3, -0.25) is 0 Å². The summed E-state index contributed by atoms with van der Waals surface area (Å²) < 4.78 is 0. The van der Waals surface area contributed by atoms with Crippen molar-refractivity contribution < 1.29 is 0 Å². The molecule has 4 aliphatic carbocycles. The average molecular weight is 421 g/mol. The summed E-state index contributed by atoms with van der Waals surface area (Å²) in [7, 11) is 0. The summed E-state index contributed by atoms with van der Waals surface area (Å²) in [5.41, 5.74) is 8.90. The highest BCUT2D eigenvalue weighted by atomic mass is 14.9. The molecule has 0 fully saturated rings. The predicted molar refractivity (Wildman–Crippen MR) is 137 cm³/mol. The standard InChI is InChI=1S/C31H20N2/c1-3-12-24-21(10-1)22-11-2-4-13-25(22)30-29(24)32-31(33-30)26-17-20-9-5-7-18-15-16-19-8-6-14-23(26)28(19)27(18)20/h1-17,27-28H,(H,32,33). The summed E-state index contributed by atoms with van der Waals surface area (Å²) in [5, 5.41) is 4.94. The van der Waals surface area contributed by atoms with E-state index >= 15 is 0 Å². The third-order valence-corrected chi connectivity index (χ3v) is 7.61. The van der Waals surface area contributed by atoms with Crippen LogP contribution in [-0.2, 0) is 0 Å². The number of imidazole rings is 1. The molecule has 2 unspecified atom stereocenters. The van der Waals surface area contributed by atoms with E-state index in [1.165, 1.54) is 49.4 Å². The molecule has 154 valence electrons. The number of aromatic nitrogens is 2. The quantitative estimate of drug-likeness (QED) is 0.320. The first-order valence-corrected chi connectivity index (χ1v) is 11.6. The molecule has 3 aromatic carbocycles. The number of H-pyrrole nitrogens is 1. The van der Waals surface area contributed by atoms with Crippen LogP contribution in [0, 0.1) is 11.8 Å². The van der Waals surface area contributed by atoms with Gasteiger partial charge in [-0.25, -0.2) is 4.98 Å². The molecule has 33 heavy (non-hydrogen) atoms. The molecule has 2 nitrogen and oxygen atoms in total. The zero-order chi connectivity index (χ0) is 21.5. The molecule has 0 amide bonds. The minimum absolute atomic E-state index is 0.355. The van der Waals surface area contributed by atoms with Crippen molar-refractivity contribution in [2.45, 2.75) is 0 Å². The van der Waals surface area contributed by atoms with Crippen molar-refractivity contribution in [2.24, 2.45) is 11.8 Å². The van der Waals surface area contributed by atoms with E-state index in [1.807, 2.05) is 0 Å². The van der Waals surface area contributed by atoms with Crippen molar-refractivity contribution >= 4 is 38.2 Å². The number of fused-ring (bicyclic) bond motifs is 6. The molecule has 8 rings (SSSR count). The molecule has 2 heteroatoms. The third kappa shape index (κ3) is 2.25. The zero-order valence-corrected chi connectivity index (χ0v) is 17.9. The van der Waals surface area contributed by atoms with Gasteiger partial charge < -0.3 is 4.98 Å². The van der Waals surface area contributed by atoms with E-state index in [0.717, 1.165) is 16.9 Å². The first-order valence-electron chi connectivity index (χ1n) is 11.6. The second-order valence-corrected chi connectivity index (χ2v) is 9.25. The van der Waals surface area contributed by atoms with Crippen molar-refractivity contribution in [3.05, 3.63) is 131 Å². The van der Waals surface area contributed by atoms with Gasteiger partial charge in [0.05, 0.1) is 11.0 Å². The van der Waals surface area contributed by atoms with Crippen LogP contribution in [0.15, 0.2) is 126 Å². The van der Waals surface area contributed by atoms with Crippen LogP contribution in [0.25, 0.3) is 38.2 Å². The Balaban J connectivity index is 1.44. The van der Waals surface area contributed by atoms with E-state index in [0.29, 0.717) is 11.8 Å². The highest BCUT2D eigenvalue weighted by Crippen LogP contribution is 2.52. The largest absolute Gasteiger partial charge is 0.337 e. The summed E-state index contributed by atoms with van der Waals surface area (Å²) in [5.74, 6) is 1.71. The minimum atomic E-state index is 0.355. The molecule has 4 aliphatic rings. The van der Waals surface area contributed by atoms with Crippen LogP contribution in [0.5, 0.6) is 0 Å². The Kier molecular flexibility index (Phi) is 3.27. The summed E-state index contributed by atoms with van der Waals surface area (Å²) in [6.07, 6.45) is 20.4. The number of allylic oxidation sites excluding steroid dienone is 14. The molecule has 0 spiro atoms. The first kappa shape index (κ1) is 17.4. The normalized spacial score (nSPS) is 22.6. The monoisotopic (exact) mass is 420 g/mol. The number of hydrogen-bond acceptors (Lipinski definition) is 1. The Morgan fingerprint density at radius 2 is 1.30 bits per heavy atom. The summed E-state index contributed by atoms with van der Waals surface area (Å²) in [6.45, 7) is 0. The van der Waals surface area contributed by atoms with Crippen molar-refractivity contribution in [2.75, 3.05) is 0 Å². The molecule has 1 heterocycles. The van der Waals surface area contributed by atoms with Gasteiger partial charge in [-0.2, -0.15) is 0 Å². The number of rotatable bonds is 1. The molecule has 1 aromatic heterocycles. The maximum Gasteiger partial charge on any atom is 0.138 e. The van der Waals surface area contributed by atoms with Gasteiger partial charge in [0.15, 0.2) is 0 Å². The summed E-state index contributed by atoms with van der Waals surface area (Å²) in [6, 6.07) is 17.3. The van der Waals surface area contributed by atoms with E-state index in [9.17, 15) is 0 Å². The van der Waals surface area contributed by atoms with Gasteiger partial charge in [0, 0.05) is 28.2 Å². The van der Waals surface area contributed by atoms with Gasteiger partial charge >= 0.3 is 0 Å². The Bertz CT molecular complexity index is 1690. The van der Waals surface area contributed by atoms with Gasteiger partial charge in [-0.1, -0.05) is 97.1 Å². The summed E-state index contributed by atoms with van der Waals surface area (Å²) >= 11 is 0. The van der Waals surface area contributed by atoms with Crippen LogP contribution in [-0.4, -0.2) is 9.97 Å². The van der Waals surface area contributed by atoms with Gasteiger partial charge in [0.1, 0.15) is 5.82 Å². The predicted octanol–water partition coefficient (Wildman–Crippen LogP) is 7.36. The fourth-order valence-corrected chi connectivity index (χ4v) is 6.19. The number of nitrogens with zero attached hydrogens (tertiary/aromatic N) is 1. The van der Waals surface area contributed by atoms with Crippen LogP contribution in [0.1, 0.15) is 5.82 Å². The van der Waals surface area contributed by atoms with Crippen molar-refractivity contribution in [3.8, 4) is 0 Å². The molecule has 1 N–H and O–H groups in total. The average Bonchev–Trinajstić information content (AvgIpc) is 3.33. The van der Waals surface area contributed by atoms with Crippen LogP contribution in [0.3, 0.4) is 0 Å². The number of hydrogen-bond donors (Lipinski definition) is 1. The zero-order valence-electron chi connectivity index (χ0n) is 17.9. The lowest BCUT2D eigenvalue weighted by atomic mass is 9.62. The second-order valence-electron chi connectivity index (χ2n) is 9.25. The molecular formula is C31H20N2. The molecule has 0 saturated heterocycles. The fraction of sp³-hybridized carbons (Fsp3) is 0.0645. The Labute approximate surface area is 191 Å². The molecular weight excluding hydrogens is 400 g/mol. The van der Waals surface area contributed by atoms with Crippen LogP contribution >= 0.6 is 0 Å². The van der Waals surface area contributed by atoms with E-state index in [1.54, 1.807) is 0 Å². The molecule has 0 aliphatic heterocycles. The highest BCUT2D eigenvalue weighted by molar-refractivity contribution is 6.23. The van der Waals surface area contributed by atoms with Crippen LogP contribution in [0.2, 0.25) is 0 Å². The maximum absolute atomic E-state index is 5.24. The number of nitrogens with one attached hydrogen (secondary N) is 1. The number of aromatic amines is 1. The molecule has 0 radical (unpaired) electrons. The van der Waals surface area contributed by atoms with E-state index in [4.69, 9.17) is 4.98 Å². The lowest BCUT2D eigenvalue weighted by Gasteiger charge is -2.41. The summed E-state index contributed by atoms with van der Waals surface area (Å²) in [4.78, 5) is 8.99. The van der Waals surface area contributed by atoms with Gasteiger partial charge in [0.2, 0.25) is 0 Å². The van der Waals surface area contributed by atoms with Gasteiger partial charge in [0.25, 0.3) is 0 Å². The van der Waals surface area contributed by atoms with Crippen LogP contribution < -0.4 is 0 Å². The van der Waals surface area contributed by atoms with Gasteiger partial charge in [-0.05, 0) is 39.1 Å². The molecule has 4 aromatic rings. The minimum Gasteiger partial charge on any atom is -0.337 e. The molecule has 2 atom stereocenters. The lowest BCUT2D eigenvalue weighted by molar-refractivity contribution is 0.567. The Morgan fingerprint density at radius 1 is 0.636 bits per heavy atom. The third-order valence-electron chi connectivity index (χ3n) is 7.61. The smallest absolute Gasteiger partial charge is 0.138 e. The Hall–Kier alpha value is -4.17. The molecule has 0 bridgehead atoms. The highest BCUT2D eigenvalue weighted by Gasteiger charge is 2.40. The van der Waals surface area contributed by atoms with Crippen molar-refractivity contribution in [1.82, 2.24) is 9.97 Å². The van der Waals surface area contributed by atoms with Gasteiger partial charge in [-0.15, -0.1) is 0 Å². The van der Waals surface area contributed by atoms with Crippen molar-refractivity contribution in [1.29, 1.82) is 0 Å². The molecule has 0 saturated carbocycles. The topological polar surface area (TPSA) is 28.7 Å². The maximum atomic E-state index is 5.24. The van der Waals surface area contributed by atoms with E-state index in [2.05, 4.69) is 108 Å². The van der Waals surface area contributed by atoms with Crippen molar-refractivity contribution in [3.63, 3.8) is 0 Å².